The highest BCUT2D eigenvalue weighted by Gasteiger charge is 2.38. The molecule has 0 aliphatic carbocycles. The zero-order chi connectivity index (χ0) is 19.0. The van der Waals surface area contributed by atoms with Gasteiger partial charge in [0.1, 0.15) is 0 Å². The summed E-state index contributed by atoms with van der Waals surface area (Å²) in [5, 5.41) is 7.82. The molecule has 2 atom stereocenters. The second-order valence-corrected chi connectivity index (χ2v) is 8.29. The maximum absolute atomic E-state index is 13.0. The number of nitrogens with two attached hydrogens (primary N) is 1. The molecule has 8 heteroatoms. The minimum Gasteiger partial charge on any atom is -0.342 e. The van der Waals surface area contributed by atoms with Crippen LogP contribution in [0.3, 0.4) is 0 Å². The third-order valence-corrected chi connectivity index (χ3v) is 6.11. The predicted molar refractivity (Wildman–Crippen MR) is 110 cm³/mol. The van der Waals surface area contributed by atoms with Gasteiger partial charge in [0.15, 0.2) is 0 Å². The summed E-state index contributed by atoms with van der Waals surface area (Å²) in [6.45, 7) is 5.44. The van der Waals surface area contributed by atoms with Crippen molar-refractivity contribution in [1.82, 2.24) is 20.0 Å². The van der Waals surface area contributed by atoms with Crippen LogP contribution in [0.1, 0.15) is 36.5 Å². The highest BCUT2D eigenvalue weighted by atomic mass is 35.5. The molecule has 0 bridgehead atoms. The number of nitrogens with zero attached hydrogens (tertiary/aromatic N) is 3. The Bertz CT molecular complexity index is 869. The van der Waals surface area contributed by atoms with Gasteiger partial charge in [-0.25, -0.2) is 0 Å². The van der Waals surface area contributed by atoms with E-state index in [4.69, 9.17) is 5.73 Å². The Hall–Kier alpha value is -2.12. The lowest BCUT2D eigenvalue weighted by molar-refractivity contribution is -0.136. The van der Waals surface area contributed by atoms with Gasteiger partial charge in [0.05, 0.1) is 17.6 Å². The van der Waals surface area contributed by atoms with Gasteiger partial charge in [-0.1, -0.05) is 6.92 Å². The Balaban J connectivity index is 0.00000225. The van der Waals surface area contributed by atoms with Gasteiger partial charge in [0.25, 0.3) is 5.91 Å². The van der Waals surface area contributed by atoms with Crippen molar-refractivity contribution in [2.75, 3.05) is 32.7 Å². The molecule has 2 unspecified atom stereocenters. The van der Waals surface area contributed by atoms with Crippen molar-refractivity contribution < 1.29 is 9.59 Å². The van der Waals surface area contributed by atoms with E-state index in [2.05, 4.69) is 17.1 Å². The fourth-order valence-corrected chi connectivity index (χ4v) is 4.26. The van der Waals surface area contributed by atoms with E-state index >= 15 is 0 Å². The fourth-order valence-electron chi connectivity index (χ4n) is 4.26. The number of halogens is 1. The molecule has 1 aromatic carbocycles. The van der Waals surface area contributed by atoms with Crippen LogP contribution in [0, 0.1) is 11.3 Å². The lowest BCUT2D eigenvalue weighted by Gasteiger charge is -2.34. The summed E-state index contributed by atoms with van der Waals surface area (Å²) in [7, 11) is 0. The van der Waals surface area contributed by atoms with E-state index in [9.17, 15) is 9.59 Å². The first kappa shape index (κ1) is 20.6. The van der Waals surface area contributed by atoms with E-state index in [-0.39, 0.29) is 35.6 Å². The highest BCUT2D eigenvalue weighted by Crippen LogP contribution is 2.31. The second kappa shape index (κ2) is 8.09. The summed E-state index contributed by atoms with van der Waals surface area (Å²) < 4.78 is 0. The maximum Gasteiger partial charge on any atom is 0.253 e. The fraction of sp³-hybridized carbons (Fsp3) is 0.550. The Labute approximate surface area is 171 Å². The van der Waals surface area contributed by atoms with Crippen molar-refractivity contribution in [3.8, 4) is 0 Å². The standard InChI is InChI=1S/C20H27N5O2.ClH/c1-20(12-21)6-8-25(13-20)19(27)15-3-2-7-24(11-15)18(26)14-4-5-17-16(9-14)10-22-23-17;/h4-5,9-10,15H,2-3,6-8,11-13,21H2,1H3,(H,22,23);1H. The van der Waals surface area contributed by atoms with Gasteiger partial charge in [0.2, 0.25) is 5.91 Å². The molecule has 7 nitrogen and oxygen atoms in total. The number of nitrogens with one attached hydrogen (secondary N) is 1. The van der Waals surface area contributed by atoms with Crippen LogP contribution < -0.4 is 5.73 Å². The van der Waals surface area contributed by atoms with Gasteiger partial charge in [0, 0.05) is 37.1 Å². The molecular formula is C20H28ClN5O2. The number of fused-ring (bicyclic) bond motifs is 1. The summed E-state index contributed by atoms with van der Waals surface area (Å²) in [5.74, 6) is 0.0549. The molecule has 2 saturated heterocycles. The molecule has 2 aliphatic rings. The quantitative estimate of drug-likeness (QED) is 0.816. The molecule has 28 heavy (non-hydrogen) atoms. The number of amides is 2. The van der Waals surface area contributed by atoms with Crippen molar-refractivity contribution >= 4 is 35.1 Å². The number of hydrogen-bond acceptors (Lipinski definition) is 4. The molecule has 2 aliphatic heterocycles. The first-order chi connectivity index (χ1) is 13.0. The normalized spacial score (nSPS) is 25.0. The first-order valence-electron chi connectivity index (χ1n) is 9.70. The summed E-state index contributed by atoms with van der Waals surface area (Å²) >= 11 is 0. The van der Waals surface area contributed by atoms with E-state index in [1.807, 2.05) is 28.0 Å². The van der Waals surface area contributed by atoms with Crippen LogP contribution in [0.2, 0.25) is 0 Å². The predicted octanol–water partition coefficient (Wildman–Crippen LogP) is 2.03. The number of carbonyl (C=O) groups excluding carboxylic acids is 2. The minimum atomic E-state index is -0.111. The van der Waals surface area contributed by atoms with E-state index in [1.165, 1.54) is 0 Å². The van der Waals surface area contributed by atoms with Crippen LogP contribution in [0.15, 0.2) is 24.4 Å². The molecule has 0 saturated carbocycles. The van der Waals surface area contributed by atoms with Crippen LogP contribution in [-0.4, -0.2) is 64.5 Å². The number of benzene rings is 1. The summed E-state index contributed by atoms with van der Waals surface area (Å²) in [6.07, 6.45) is 4.38. The zero-order valence-corrected chi connectivity index (χ0v) is 17.0. The molecule has 2 fully saturated rings. The van der Waals surface area contributed by atoms with Gasteiger partial charge in [-0.15, -0.1) is 12.4 Å². The van der Waals surface area contributed by atoms with Crippen molar-refractivity contribution in [3.05, 3.63) is 30.0 Å². The number of carbonyl (C=O) groups is 2. The van der Waals surface area contributed by atoms with Gasteiger partial charge in [-0.3, -0.25) is 14.7 Å². The largest absolute Gasteiger partial charge is 0.342 e. The lowest BCUT2D eigenvalue weighted by atomic mass is 9.90. The average Bonchev–Trinajstić information content (AvgIpc) is 3.33. The van der Waals surface area contributed by atoms with E-state index < -0.39 is 0 Å². The number of rotatable bonds is 3. The van der Waals surface area contributed by atoms with Crippen LogP contribution >= 0.6 is 12.4 Å². The van der Waals surface area contributed by atoms with Crippen molar-refractivity contribution in [1.29, 1.82) is 0 Å². The molecule has 0 spiro atoms. The zero-order valence-electron chi connectivity index (χ0n) is 16.2. The number of H-pyrrole nitrogens is 1. The topological polar surface area (TPSA) is 95.3 Å². The summed E-state index contributed by atoms with van der Waals surface area (Å²) in [4.78, 5) is 29.7. The minimum absolute atomic E-state index is 0. The van der Waals surface area contributed by atoms with Crippen LogP contribution in [0.5, 0.6) is 0 Å². The number of aromatic amines is 1. The van der Waals surface area contributed by atoms with E-state index in [0.717, 1.165) is 43.3 Å². The lowest BCUT2D eigenvalue weighted by Crippen LogP contribution is -2.46. The van der Waals surface area contributed by atoms with Crippen LogP contribution in [0.25, 0.3) is 10.9 Å². The number of hydrogen-bond donors (Lipinski definition) is 2. The molecule has 4 rings (SSSR count). The smallest absolute Gasteiger partial charge is 0.253 e. The van der Waals surface area contributed by atoms with Crippen LogP contribution in [0.4, 0.5) is 0 Å². The van der Waals surface area contributed by atoms with Gasteiger partial charge in [-0.2, -0.15) is 5.10 Å². The van der Waals surface area contributed by atoms with Crippen molar-refractivity contribution in [2.45, 2.75) is 26.2 Å². The molecule has 0 radical (unpaired) electrons. The summed E-state index contributed by atoms with van der Waals surface area (Å²) in [6, 6.07) is 5.56. The van der Waals surface area contributed by atoms with Crippen LogP contribution in [-0.2, 0) is 4.79 Å². The van der Waals surface area contributed by atoms with Gasteiger partial charge < -0.3 is 15.5 Å². The number of likely N-dealkylation sites (tertiary alicyclic amines) is 2. The first-order valence-corrected chi connectivity index (χ1v) is 9.70. The SMILES string of the molecule is CC1(CN)CCN(C(=O)C2CCCN(C(=O)c3ccc4[nH]ncc4c3)C2)C1.Cl. The van der Waals surface area contributed by atoms with Crippen molar-refractivity contribution in [2.24, 2.45) is 17.1 Å². The van der Waals surface area contributed by atoms with Gasteiger partial charge >= 0.3 is 0 Å². The Kier molecular flexibility index (Phi) is 5.95. The Morgan fingerprint density at radius 3 is 2.89 bits per heavy atom. The highest BCUT2D eigenvalue weighted by molar-refractivity contribution is 5.98. The van der Waals surface area contributed by atoms with Crippen molar-refractivity contribution in [3.63, 3.8) is 0 Å². The Morgan fingerprint density at radius 2 is 2.14 bits per heavy atom. The molecule has 1 aromatic heterocycles. The number of piperidine rings is 1. The van der Waals surface area contributed by atoms with Gasteiger partial charge in [-0.05, 0) is 49.4 Å². The second-order valence-electron chi connectivity index (χ2n) is 8.29. The molecule has 152 valence electrons. The molecule has 3 N–H and O–H groups in total. The van der Waals surface area contributed by atoms with E-state index in [0.29, 0.717) is 25.2 Å². The summed E-state index contributed by atoms with van der Waals surface area (Å²) in [5.41, 5.74) is 7.46. The number of aromatic nitrogens is 2. The molecule has 2 aromatic rings. The molecule has 2 amide bonds. The monoisotopic (exact) mass is 405 g/mol. The molecule has 3 heterocycles. The Morgan fingerprint density at radius 1 is 1.32 bits per heavy atom. The van der Waals surface area contributed by atoms with E-state index in [1.54, 1.807) is 6.20 Å². The maximum atomic E-state index is 13.0. The average molecular weight is 406 g/mol. The third kappa shape index (κ3) is 3.86. The third-order valence-electron chi connectivity index (χ3n) is 6.11. The molecular weight excluding hydrogens is 378 g/mol.